The van der Waals surface area contributed by atoms with Crippen LogP contribution in [-0.2, 0) is 0 Å². The molecular weight excluding hydrogens is 320 g/mol. The number of halogens is 2. The van der Waals surface area contributed by atoms with Gasteiger partial charge in [-0.3, -0.25) is 4.98 Å². The fraction of sp³-hybridized carbons (Fsp3) is 0. The summed E-state index contributed by atoms with van der Waals surface area (Å²) in [5.74, 6) is 0. The lowest BCUT2D eigenvalue weighted by Gasteiger charge is -1.97. The molecule has 2 nitrogen and oxygen atoms in total. The van der Waals surface area contributed by atoms with E-state index in [-0.39, 0.29) is 0 Å². The third-order valence-electron chi connectivity index (χ3n) is 2.44. The zero-order chi connectivity index (χ0) is 10.4. The number of H-pyrrole nitrogens is 1. The summed E-state index contributed by atoms with van der Waals surface area (Å²) in [6.07, 6.45) is 1.89. The summed E-state index contributed by atoms with van der Waals surface area (Å²) in [6.45, 7) is 0. The SMILES string of the molecule is Brc1[nH]c2c(ncc3ccccc32)c1Br. The summed E-state index contributed by atoms with van der Waals surface area (Å²) in [6, 6.07) is 8.20. The molecule has 0 radical (unpaired) electrons. The number of fused-ring (bicyclic) bond motifs is 3. The third kappa shape index (κ3) is 1.32. The van der Waals surface area contributed by atoms with E-state index in [1.54, 1.807) is 0 Å². The Labute approximate surface area is 103 Å². The standard InChI is InChI=1S/C11H6Br2N2/c12-8-10-9(15-11(8)13)7-4-2-1-3-6(7)5-14-10/h1-5,15H. The minimum absolute atomic E-state index is 0.932. The molecule has 0 fully saturated rings. The number of rotatable bonds is 0. The van der Waals surface area contributed by atoms with Crippen LogP contribution in [0.1, 0.15) is 0 Å². The highest BCUT2D eigenvalue weighted by Crippen LogP contribution is 2.33. The number of aromatic nitrogens is 2. The van der Waals surface area contributed by atoms with Gasteiger partial charge in [0.05, 0.1) is 14.6 Å². The number of nitrogens with one attached hydrogen (secondary N) is 1. The van der Waals surface area contributed by atoms with Gasteiger partial charge in [-0.25, -0.2) is 0 Å². The lowest BCUT2D eigenvalue weighted by Crippen LogP contribution is -1.78. The van der Waals surface area contributed by atoms with E-state index in [1.807, 2.05) is 18.3 Å². The van der Waals surface area contributed by atoms with Crippen molar-refractivity contribution in [3.8, 4) is 0 Å². The number of benzene rings is 1. The van der Waals surface area contributed by atoms with Crippen LogP contribution in [0.15, 0.2) is 39.5 Å². The molecule has 3 rings (SSSR count). The molecule has 1 aromatic carbocycles. The normalized spacial score (nSPS) is 11.3. The minimum atomic E-state index is 0.932. The molecule has 0 spiro atoms. The molecule has 15 heavy (non-hydrogen) atoms. The van der Waals surface area contributed by atoms with Gasteiger partial charge in [-0.1, -0.05) is 24.3 Å². The van der Waals surface area contributed by atoms with Gasteiger partial charge in [-0.05, 0) is 31.9 Å². The predicted octanol–water partition coefficient (Wildman–Crippen LogP) is 4.24. The zero-order valence-corrected chi connectivity index (χ0v) is 10.8. The number of nitrogens with zero attached hydrogens (tertiary/aromatic N) is 1. The van der Waals surface area contributed by atoms with Crippen LogP contribution in [-0.4, -0.2) is 9.97 Å². The quantitative estimate of drug-likeness (QED) is 0.658. The Bertz CT molecular complexity index is 658. The summed E-state index contributed by atoms with van der Waals surface area (Å²) < 4.78 is 1.91. The fourth-order valence-electron chi connectivity index (χ4n) is 1.72. The van der Waals surface area contributed by atoms with E-state index in [2.05, 4.69) is 54.0 Å². The maximum absolute atomic E-state index is 4.42. The molecule has 0 unspecified atom stereocenters. The molecule has 0 saturated heterocycles. The molecule has 0 aliphatic heterocycles. The second-order valence-electron chi connectivity index (χ2n) is 3.32. The monoisotopic (exact) mass is 324 g/mol. The van der Waals surface area contributed by atoms with Crippen molar-refractivity contribution >= 4 is 53.7 Å². The third-order valence-corrected chi connectivity index (χ3v) is 4.33. The molecular formula is C11H6Br2N2. The van der Waals surface area contributed by atoms with Crippen LogP contribution < -0.4 is 0 Å². The van der Waals surface area contributed by atoms with Gasteiger partial charge >= 0.3 is 0 Å². The maximum Gasteiger partial charge on any atom is 0.104 e. The van der Waals surface area contributed by atoms with Crippen molar-refractivity contribution in [2.24, 2.45) is 0 Å². The molecule has 2 aromatic heterocycles. The van der Waals surface area contributed by atoms with Gasteiger partial charge in [-0.2, -0.15) is 0 Å². The van der Waals surface area contributed by atoms with E-state index < -0.39 is 0 Å². The van der Waals surface area contributed by atoms with Crippen molar-refractivity contribution in [2.75, 3.05) is 0 Å². The summed E-state index contributed by atoms with van der Waals surface area (Å²) in [5, 5.41) is 2.33. The fourth-order valence-corrected chi connectivity index (χ4v) is 2.51. The molecule has 2 heterocycles. The second kappa shape index (κ2) is 3.32. The lowest BCUT2D eigenvalue weighted by molar-refractivity contribution is 1.41. The molecule has 0 amide bonds. The lowest BCUT2D eigenvalue weighted by atomic mass is 10.1. The topological polar surface area (TPSA) is 28.7 Å². The summed E-state index contributed by atoms with van der Waals surface area (Å²) in [7, 11) is 0. The van der Waals surface area contributed by atoms with Crippen LogP contribution in [0.5, 0.6) is 0 Å². The molecule has 0 saturated carbocycles. The Kier molecular flexibility index (Phi) is 2.07. The Hall–Kier alpha value is -0.870. The average molecular weight is 326 g/mol. The maximum atomic E-state index is 4.42. The largest absolute Gasteiger partial charge is 0.346 e. The van der Waals surface area contributed by atoms with E-state index in [0.29, 0.717) is 0 Å². The average Bonchev–Trinajstić information content (AvgIpc) is 2.56. The van der Waals surface area contributed by atoms with Gasteiger partial charge in [0.25, 0.3) is 0 Å². The van der Waals surface area contributed by atoms with Crippen LogP contribution in [0, 0.1) is 0 Å². The van der Waals surface area contributed by atoms with Crippen molar-refractivity contribution in [2.45, 2.75) is 0 Å². The highest BCUT2D eigenvalue weighted by molar-refractivity contribution is 9.13. The first-order valence-electron chi connectivity index (χ1n) is 4.48. The molecule has 0 atom stereocenters. The van der Waals surface area contributed by atoms with Gasteiger partial charge < -0.3 is 4.98 Å². The van der Waals surface area contributed by atoms with Crippen LogP contribution in [0.3, 0.4) is 0 Å². The van der Waals surface area contributed by atoms with Crippen LogP contribution in [0.2, 0.25) is 0 Å². The van der Waals surface area contributed by atoms with Crippen LogP contribution >= 0.6 is 31.9 Å². The predicted molar refractivity (Wildman–Crippen MR) is 69.0 cm³/mol. The molecule has 4 heteroatoms. The summed E-state index contributed by atoms with van der Waals surface area (Å²) in [5.41, 5.74) is 2.02. The van der Waals surface area contributed by atoms with E-state index in [4.69, 9.17) is 0 Å². The number of hydrogen-bond donors (Lipinski definition) is 1. The van der Waals surface area contributed by atoms with E-state index in [9.17, 15) is 0 Å². The van der Waals surface area contributed by atoms with Crippen molar-refractivity contribution in [3.05, 3.63) is 39.5 Å². The zero-order valence-electron chi connectivity index (χ0n) is 7.59. The van der Waals surface area contributed by atoms with E-state index in [1.165, 1.54) is 5.39 Å². The van der Waals surface area contributed by atoms with Gasteiger partial charge in [0.1, 0.15) is 5.52 Å². The van der Waals surface area contributed by atoms with Crippen molar-refractivity contribution in [1.29, 1.82) is 0 Å². The Morgan fingerprint density at radius 1 is 1.13 bits per heavy atom. The van der Waals surface area contributed by atoms with E-state index in [0.717, 1.165) is 25.5 Å². The molecule has 3 aromatic rings. The number of hydrogen-bond acceptors (Lipinski definition) is 1. The second-order valence-corrected chi connectivity index (χ2v) is 4.91. The molecule has 0 aliphatic carbocycles. The molecule has 0 bridgehead atoms. The Morgan fingerprint density at radius 3 is 2.80 bits per heavy atom. The first kappa shape index (κ1) is 9.36. The highest BCUT2D eigenvalue weighted by atomic mass is 79.9. The first-order chi connectivity index (χ1) is 7.27. The molecule has 74 valence electrons. The highest BCUT2D eigenvalue weighted by Gasteiger charge is 2.10. The molecule has 0 aliphatic rings. The van der Waals surface area contributed by atoms with E-state index >= 15 is 0 Å². The number of aromatic amines is 1. The van der Waals surface area contributed by atoms with Gasteiger partial charge in [0.15, 0.2) is 0 Å². The van der Waals surface area contributed by atoms with Crippen molar-refractivity contribution in [1.82, 2.24) is 9.97 Å². The van der Waals surface area contributed by atoms with Gasteiger partial charge in [0.2, 0.25) is 0 Å². The summed E-state index contributed by atoms with van der Waals surface area (Å²) >= 11 is 6.95. The van der Waals surface area contributed by atoms with Gasteiger partial charge in [0, 0.05) is 17.0 Å². The van der Waals surface area contributed by atoms with Crippen LogP contribution in [0.25, 0.3) is 21.8 Å². The summed E-state index contributed by atoms with van der Waals surface area (Å²) in [4.78, 5) is 7.70. The minimum Gasteiger partial charge on any atom is -0.346 e. The Balaban J connectivity index is 2.60. The van der Waals surface area contributed by atoms with Crippen LogP contribution in [0.4, 0.5) is 0 Å². The van der Waals surface area contributed by atoms with Gasteiger partial charge in [-0.15, -0.1) is 0 Å². The smallest absolute Gasteiger partial charge is 0.104 e. The Morgan fingerprint density at radius 2 is 1.93 bits per heavy atom. The first-order valence-corrected chi connectivity index (χ1v) is 6.06. The van der Waals surface area contributed by atoms with Crippen molar-refractivity contribution < 1.29 is 0 Å². The molecule has 1 N–H and O–H groups in total. The van der Waals surface area contributed by atoms with Crippen molar-refractivity contribution in [3.63, 3.8) is 0 Å². The number of pyridine rings is 1.